The van der Waals surface area contributed by atoms with Gasteiger partial charge in [0.2, 0.25) is 0 Å². The molecule has 0 amide bonds. The van der Waals surface area contributed by atoms with E-state index in [9.17, 15) is 0 Å². The first-order valence-electron chi connectivity index (χ1n) is 5.85. The molecule has 0 bridgehead atoms. The number of hydrogen-bond donors (Lipinski definition) is 1. The van der Waals surface area contributed by atoms with Gasteiger partial charge < -0.3 is 15.2 Å². The Morgan fingerprint density at radius 1 is 1.26 bits per heavy atom. The van der Waals surface area contributed by atoms with E-state index in [0.29, 0.717) is 0 Å². The van der Waals surface area contributed by atoms with Crippen LogP contribution in [-0.4, -0.2) is 14.2 Å². The summed E-state index contributed by atoms with van der Waals surface area (Å²) in [4.78, 5) is 1.23. The summed E-state index contributed by atoms with van der Waals surface area (Å²) in [6.45, 7) is 0. The first-order chi connectivity index (χ1) is 9.15. The molecule has 102 valence electrons. The Morgan fingerprint density at radius 3 is 2.63 bits per heavy atom. The van der Waals surface area contributed by atoms with Gasteiger partial charge in [-0.15, -0.1) is 11.3 Å². The van der Waals surface area contributed by atoms with Crippen LogP contribution in [0.1, 0.15) is 16.5 Å². The van der Waals surface area contributed by atoms with E-state index in [4.69, 9.17) is 15.2 Å². The predicted octanol–water partition coefficient (Wildman–Crippen LogP) is 3.77. The Hall–Kier alpha value is -1.04. The number of ether oxygens (including phenoxy) is 2. The van der Waals surface area contributed by atoms with E-state index in [1.54, 1.807) is 25.6 Å². The fourth-order valence-electron chi connectivity index (χ4n) is 1.91. The molecule has 19 heavy (non-hydrogen) atoms. The lowest BCUT2D eigenvalue weighted by molar-refractivity contribution is 0.395. The third kappa shape index (κ3) is 3.29. The lowest BCUT2D eigenvalue weighted by Gasteiger charge is -2.16. The minimum atomic E-state index is -0.125. The number of thiophene rings is 1. The summed E-state index contributed by atoms with van der Waals surface area (Å²) in [5.74, 6) is 1.58. The third-order valence-electron chi connectivity index (χ3n) is 2.93. The Labute approximate surface area is 125 Å². The zero-order valence-corrected chi connectivity index (χ0v) is 13.3. The zero-order chi connectivity index (χ0) is 13.8. The molecule has 0 aliphatic carbocycles. The maximum Gasteiger partial charge on any atom is 0.123 e. The summed E-state index contributed by atoms with van der Waals surface area (Å²) < 4.78 is 11.7. The predicted molar refractivity (Wildman–Crippen MR) is 82.2 cm³/mol. The Bertz CT molecular complexity index is 556. The van der Waals surface area contributed by atoms with Crippen LogP contribution in [0.25, 0.3) is 0 Å². The van der Waals surface area contributed by atoms with Crippen molar-refractivity contribution in [3.63, 3.8) is 0 Å². The summed E-state index contributed by atoms with van der Waals surface area (Å²) in [6.07, 6.45) is 0.766. The highest BCUT2D eigenvalue weighted by atomic mass is 79.9. The lowest BCUT2D eigenvalue weighted by atomic mass is 10.0. The molecule has 2 rings (SSSR count). The van der Waals surface area contributed by atoms with Gasteiger partial charge in [0.25, 0.3) is 0 Å². The van der Waals surface area contributed by atoms with Crippen molar-refractivity contribution < 1.29 is 9.47 Å². The van der Waals surface area contributed by atoms with E-state index >= 15 is 0 Å². The topological polar surface area (TPSA) is 44.5 Å². The van der Waals surface area contributed by atoms with Crippen molar-refractivity contribution >= 4 is 27.3 Å². The highest BCUT2D eigenvalue weighted by molar-refractivity contribution is 9.10. The van der Waals surface area contributed by atoms with Gasteiger partial charge >= 0.3 is 0 Å². The van der Waals surface area contributed by atoms with Crippen LogP contribution in [0.3, 0.4) is 0 Å². The number of methoxy groups -OCH3 is 2. The van der Waals surface area contributed by atoms with Crippen LogP contribution in [0, 0.1) is 0 Å². The van der Waals surface area contributed by atoms with E-state index in [-0.39, 0.29) is 6.04 Å². The molecule has 0 saturated heterocycles. The van der Waals surface area contributed by atoms with Gasteiger partial charge in [0.15, 0.2) is 0 Å². The molecular weight excluding hydrogens is 326 g/mol. The molecule has 1 heterocycles. The zero-order valence-electron chi connectivity index (χ0n) is 10.9. The summed E-state index contributed by atoms with van der Waals surface area (Å²) in [5, 5.41) is 2.05. The molecule has 2 N–H and O–H groups in total. The van der Waals surface area contributed by atoms with Gasteiger partial charge in [0.05, 0.1) is 14.2 Å². The van der Waals surface area contributed by atoms with E-state index in [1.165, 1.54) is 4.88 Å². The summed E-state index contributed by atoms with van der Waals surface area (Å²) in [7, 11) is 3.30. The standard InChI is InChI=1S/C14H16BrNO2S/c1-17-9-3-4-13(18-2)10(7-9)12(16)8-14-11(15)5-6-19-14/h3-7,12H,8,16H2,1-2H3. The first-order valence-corrected chi connectivity index (χ1v) is 7.52. The number of halogens is 1. The molecule has 3 nitrogen and oxygen atoms in total. The molecule has 5 heteroatoms. The molecule has 0 aliphatic rings. The Morgan fingerprint density at radius 2 is 2.05 bits per heavy atom. The normalized spacial score (nSPS) is 12.2. The van der Waals surface area contributed by atoms with Crippen LogP contribution in [0.2, 0.25) is 0 Å². The molecule has 0 radical (unpaired) electrons. The van der Waals surface area contributed by atoms with Crippen LogP contribution >= 0.6 is 27.3 Å². The Balaban J connectivity index is 2.26. The van der Waals surface area contributed by atoms with Crippen molar-refractivity contribution in [3.8, 4) is 11.5 Å². The van der Waals surface area contributed by atoms with E-state index < -0.39 is 0 Å². The second-order valence-corrected chi connectivity index (χ2v) is 5.97. The van der Waals surface area contributed by atoms with Gasteiger partial charge in [-0.2, -0.15) is 0 Å². The molecule has 1 aromatic carbocycles. The van der Waals surface area contributed by atoms with Crippen molar-refractivity contribution in [3.05, 3.63) is 44.6 Å². The van der Waals surface area contributed by atoms with Gasteiger partial charge in [-0.1, -0.05) is 0 Å². The lowest BCUT2D eigenvalue weighted by Crippen LogP contribution is -2.14. The van der Waals surface area contributed by atoms with Crippen LogP contribution in [0.5, 0.6) is 11.5 Å². The van der Waals surface area contributed by atoms with E-state index in [1.807, 2.05) is 24.3 Å². The summed E-state index contributed by atoms with van der Waals surface area (Å²) in [5.41, 5.74) is 7.27. The smallest absolute Gasteiger partial charge is 0.123 e. The molecule has 2 aromatic rings. The van der Waals surface area contributed by atoms with E-state index in [0.717, 1.165) is 28.0 Å². The van der Waals surface area contributed by atoms with Crippen molar-refractivity contribution in [1.29, 1.82) is 0 Å². The summed E-state index contributed by atoms with van der Waals surface area (Å²) in [6, 6.07) is 7.61. The SMILES string of the molecule is COc1ccc(OC)c(C(N)Cc2sccc2Br)c1. The van der Waals surface area contributed by atoms with Gasteiger partial charge in [0.1, 0.15) is 11.5 Å². The largest absolute Gasteiger partial charge is 0.497 e. The monoisotopic (exact) mass is 341 g/mol. The van der Waals surface area contributed by atoms with Crippen molar-refractivity contribution in [1.82, 2.24) is 0 Å². The minimum Gasteiger partial charge on any atom is -0.497 e. The summed E-state index contributed by atoms with van der Waals surface area (Å²) >= 11 is 5.23. The van der Waals surface area contributed by atoms with Gasteiger partial charge in [0, 0.05) is 27.4 Å². The molecule has 1 aromatic heterocycles. The van der Waals surface area contributed by atoms with Crippen LogP contribution < -0.4 is 15.2 Å². The average molecular weight is 342 g/mol. The Kier molecular flexibility index (Phi) is 4.85. The highest BCUT2D eigenvalue weighted by Gasteiger charge is 2.15. The highest BCUT2D eigenvalue weighted by Crippen LogP contribution is 2.32. The number of benzene rings is 1. The van der Waals surface area contributed by atoms with Gasteiger partial charge in [-0.05, 0) is 45.6 Å². The molecule has 0 aliphatic heterocycles. The quantitative estimate of drug-likeness (QED) is 0.900. The molecule has 0 fully saturated rings. The van der Waals surface area contributed by atoms with Crippen LogP contribution in [-0.2, 0) is 6.42 Å². The second kappa shape index (κ2) is 6.41. The maximum absolute atomic E-state index is 6.31. The number of hydrogen-bond acceptors (Lipinski definition) is 4. The van der Waals surface area contributed by atoms with Crippen LogP contribution in [0.15, 0.2) is 34.1 Å². The van der Waals surface area contributed by atoms with Gasteiger partial charge in [-0.25, -0.2) is 0 Å². The minimum absolute atomic E-state index is 0.125. The molecule has 1 atom stereocenters. The molecular formula is C14H16BrNO2S. The van der Waals surface area contributed by atoms with Crippen molar-refractivity contribution in [2.45, 2.75) is 12.5 Å². The maximum atomic E-state index is 6.31. The fourth-order valence-corrected chi connectivity index (χ4v) is 3.48. The van der Waals surface area contributed by atoms with Crippen molar-refractivity contribution in [2.24, 2.45) is 5.73 Å². The van der Waals surface area contributed by atoms with Gasteiger partial charge in [-0.3, -0.25) is 0 Å². The average Bonchev–Trinajstić information content (AvgIpc) is 2.83. The molecule has 0 saturated carbocycles. The number of nitrogens with two attached hydrogens (primary N) is 1. The molecule has 0 spiro atoms. The third-order valence-corrected chi connectivity index (χ3v) is 4.88. The molecule has 1 unspecified atom stereocenters. The first kappa shape index (κ1) is 14.4. The van der Waals surface area contributed by atoms with Crippen molar-refractivity contribution in [2.75, 3.05) is 14.2 Å². The van der Waals surface area contributed by atoms with Crippen LogP contribution in [0.4, 0.5) is 0 Å². The number of rotatable bonds is 5. The van der Waals surface area contributed by atoms with E-state index in [2.05, 4.69) is 21.3 Å². The fraction of sp³-hybridized carbons (Fsp3) is 0.286. The second-order valence-electron chi connectivity index (χ2n) is 4.11.